The van der Waals surface area contributed by atoms with E-state index >= 15 is 0 Å². The van der Waals surface area contributed by atoms with E-state index < -0.39 is 10.0 Å². The van der Waals surface area contributed by atoms with Crippen molar-refractivity contribution in [2.45, 2.75) is 37.9 Å². The molecule has 0 unspecified atom stereocenters. The molecule has 0 saturated heterocycles. The summed E-state index contributed by atoms with van der Waals surface area (Å²) in [7, 11) is -3.31. The summed E-state index contributed by atoms with van der Waals surface area (Å²) in [6.45, 7) is 0.553. The minimum absolute atomic E-state index is 0.0316. The third kappa shape index (κ3) is 5.37. The monoisotopic (exact) mass is 326 g/mol. The number of thiocarbonyl (C=S) groups is 1. The van der Waals surface area contributed by atoms with Gasteiger partial charge in [-0.2, -0.15) is 0 Å². The molecule has 1 fully saturated rings. The van der Waals surface area contributed by atoms with Gasteiger partial charge >= 0.3 is 0 Å². The van der Waals surface area contributed by atoms with Crippen LogP contribution in [0.5, 0.6) is 0 Å². The van der Waals surface area contributed by atoms with Gasteiger partial charge in [0.2, 0.25) is 10.0 Å². The molecule has 116 valence electrons. The first-order valence-corrected chi connectivity index (χ1v) is 9.38. The fourth-order valence-corrected chi connectivity index (χ4v) is 4.06. The van der Waals surface area contributed by atoms with Gasteiger partial charge in [-0.15, -0.1) is 0 Å². The van der Waals surface area contributed by atoms with Crippen molar-refractivity contribution in [3.63, 3.8) is 0 Å². The molecule has 0 radical (unpaired) electrons. The lowest BCUT2D eigenvalue weighted by Gasteiger charge is -2.21. The van der Waals surface area contributed by atoms with Crippen molar-refractivity contribution in [3.8, 4) is 0 Å². The molecule has 0 aliphatic heterocycles. The van der Waals surface area contributed by atoms with E-state index in [1.54, 1.807) is 24.3 Å². The summed E-state index contributed by atoms with van der Waals surface area (Å²) >= 11 is 4.91. The van der Waals surface area contributed by atoms with Gasteiger partial charge in [0, 0.05) is 12.1 Å². The molecule has 0 bridgehead atoms. The van der Waals surface area contributed by atoms with Crippen molar-refractivity contribution in [2.75, 3.05) is 6.54 Å². The fraction of sp³-hybridized carbons (Fsp3) is 0.533. The third-order valence-corrected chi connectivity index (χ3v) is 5.44. The molecule has 21 heavy (non-hydrogen) atoms. The van der Waals surface area contributed by atoms with E-state index in [1.165, 1.54) is 19.3 Å². The van der Waals surface area contributed by atoms with Crippen LogP contribution in [0.1, 0.15) is 43.2 Å². The predicted molar refractivity (Wildman–Crippen MR) is 89.5 cm³/mol. The highest BCUT2D eigenvalue weighted by molar-refractivity contribution is 7.88. The van der Waals surface area contributed by atoms with Crippen LogP contribution in [0.15, 0.2) is 24.3 Å². The van der Waals surface area contributed by atoms with Crippen LogP contribution < -0.4 is 10.5 Å². The van der Waals surface area contributed by atoms with Crippen LogP contribution in [0.2, 0.25) is 0 Å². The molecular weight excluding hydrogens is 304 g/mol. The summed E-state index contributed by atoms with van der Waals surface area (Å²) in [5.41, 5.74) is 6.97. The fourth-order valence-electron chi connectivity index (χ4n) is 2.72. The Morgan fingerprint density at radius 3 is 2.67 bits per heavy atom. The van der Waals surface area contributed by atoms with Crippen molar-refractivity contribution < 1.29 is 8.42 Å². The Labute approximate surface area is 132 Å². The summed E-state index contributed by atoms with van der Waals surface area (Å²) in [5, 5.41) is 0. The molecule has 0 aromatic heterocycles. The Bertz CT molecular complexity index is 593. The van der Waals surface area contributed by atoms with Crippen molar-refractivity contribution in [1.29, 1.82) is 0 Å². The lowest BCUT2D eigenvalue weighted by atomic mass is 9.90. The van der Waals surface area contributed by atoms with E-state index in [0.717, 1.165) is 12.8 Å². The molecule has 6 heteroatoms. The van der Waals surface area contributed by atoms with E-state index in [2.05, 4.69) is 4.72 Å². The van der Waals surface area contributed by atoms with Crippen LogP contribution >= 0.6 is 12.2 Å². The Morgan fingerprint density at radius 2 is 2.00 bits per heavy atom. The van der Waals surface area contributed by atoms with E-state index in [4.69, 9.17) is 18.0 Å². The van der Waals surface area contributed by atoms with Gasteiger partial charge in [-0.3, -0.25) is 0 Å². The first-order chi connectivity index (χ1) is 9.96. The topological polar surface area (TPSA) is 72.2 Å². The summed E-state index contributed by atoms with van der Waals surface area (Å²) in [4.78, 5) is 0.282. The highest BCUT2D eigenvalue weighted by atomic mass is 32.2. The Kier molecular flexibility index (Phi) is 5.72. The first kappa shape index (κ1) is 16.4. The Morgan fingerprint density at radius 1 is 1.29 bits per heavy atom. The maximum Gasteiger partial charge on any atom is 0.215 e. The van der Waals surface area contributed by atoms with Gasteiger partial charge in [-0.25, -0.2) is 13.1 Å². The maximum absolute atomic E-state index is 12.1. The highest BCUT2D eigenvalue weighted by Gasteiger charge is 2.17. The summed E-state index contributed by atoms with van der Waals surface area (Å²) in [6, 6.07) is 7.08. The average molecular weight is 326 g/mol. The number of sulfonamides is 1. The second-order valence-electron chi connectivity index (χ2n) is 5.68. The Hall–Kier alpha value is -0.980. The van der Waals surface area contributed by atoms with Crippen LogP contribution in [0.25, 0.3) is 0 Å². The second kappa shape index (κ2) is 7.33. The number of rotatable bonds is 6. The molecule has 0 heterocycles. The van der Waals surface area contributed by atoms with Gasteiger partial charge < -0.3 is 5.73 Å². The maximum atomic E-state index is 12.1. The van der Waals surface area contributed by atoms with Crippen molar-refractivity contribution in [3.05, 3.63) is 35.4 Å². The summed E-state index contributed by atoms with van der Waals surface area (Å²) in [6.07, 6.45) is 5.94. The number of nitrogens with two attached hydrogens (primary N) is 1. The average Bonchev–Trinajstić information content (AvgIpc) is 2.46. The van der Waals surface area contributed by atoms with Crippen molar-refractivity contribution in [2.24, 2.45) is 11.7 Å². The van der Waals surface area contributed by atoms with E-state index in [-0.39, 0.29) is 10.7 Å². The molecule has 3 N–H and O–H groups in total. The quantitative estimate of drug-likeness (QED) is 0.787. The second-order valence-corrected chi connectivity index (χ2v) is 7.92. The SMILES string of the molecule is NC(=S)c1cccc(CS(=O)(=O)NCC2CCCCC2)c1. The number of hydrogen-bond acceptors (Lipinski definition) is 3. The van der Waals surface area contributed by atoms with Crippen LogP contribution in [0, 0.1) is 5.92 Å². The predicted octanol–water partition coefficient (Wildman–Crippen LogP) is 2.32. The van der Waals surface area contributed by atoms with Crippen LogP contribution in [0.3, 0.4) is 0 Å². The number of nitrogens with one attached hydrogen (secondary N) is 1. The van der Waals surface area contributed by atoms with E-state index in [1.807, 2.05) is 0 Å². The lowest BCUT2D eigenvalue weighted by molar-refractivity contribution is 0.357. The summed E-state index contributed by atoms with van der Waals surface area (Å²) < 4.78 is 27.0. The zero-order valence-corrected chi connectivity index (χ0v) is 13.7. The van der Waals surface area contributed by atoms with Gasteiger partial charge in [-0.05, 0) is 30.4 Å². The largest absolute Gasteiger partial charge is 0.389 e. The smallest absolute Gasteiger partial charge is 0.215 e. The minimum Gasteiger partial charge on any atom is -0.389 e. The molecule has 0 spiro atoms. The molecule has 4 nitrogen and oxygen atoms in total. The van der Waals surface area contributed by atoms with Gasteiger partial charge in [0.05, 0.1) is 5.75 Å². The standard InChI is InChI=1S/C15H22N2O2S2/c16-15(20)14-8-4-7-13(9-14)11-21(18,19)17-10-12-5-2-1-3-6-12/h4,7-9,12,17H,1-3,5-6,10-11H2,(H2,16,20). The van der Waals surface area contributed by atoms with Gasteiger partial charge in [-0.1, -0.05) is 49.7 Å². The number of hydrogen-bond donors (Lipinski definition) is 2. The third-order valence-electron chi connectivity index (χ3n) is 3.88. The minimum atomic E-state index is -3.31. The van der Waals surface area contributed by atoms with Crippen LogP contribution in [-0.4, -0.2) is 20.0 Å². The van der Waals surface area contributed by atoms with Gasteiger partial charge in [0.1, 0.15) is 4.99 Å². The molecule has 1 saturated carbocycles. The van der Waals surface area contributed by atoms with Crippen molar-refractivity contribution in [1.82, 2.24) is 4.72 Å². The molecular formula is C15H22N2O2S2. The number of benzene rings is 1. The lowest BCUT2D eigenvalue weighted by Crippen LogP contribution is -2.31. The molecule has 1 aromatic rings. The normalized spacial score (nSPS) is 16.8. The zero-order valence-electron chi connectivity index (χ0n) is 12.0. The molecule has 0 amide bonds. The zero-order chi connectivity index (χ0) is 15.3. The molecule has 1 aromatic carbocycles. The highest BCUT2D eigenvalue weighted by Crippen LogP contribution is 2.23. The Balaban J connectivity index is 1.93. The molecule has 2 rings (SSSR count). The first-order valence-electron chi connectivity index (χ1n) is 7.32. The van der Waals surface area contributed by atoms with E-state index in [0.29, 0.717) is 23.6 Å². The molecule has 0 atom stereocenters. The molecule has 1 aliphatic rings. The van der Waals surface area contributed by atoms with Gasteiger partial charge in [0.25, 0.3) is 0 Å². The van der Waals surface area contributed by atoms with Crippen LogP contribution in [0.4, 0.5) is 0 Å². The van der Waals surface area contributed by atoms with Gasteiger partial charge in [0.15, 0.2) is 0 Å². The summed E-state index contributed by atoms with van der Waals surface area (Å²) in [5.74, 6) is 0.451. The van der Waals surface area contributed by atoms with Crippen LogP contribution in [-0.2, 0) is 15.8 Å². The van der Waals surface area contributed by atoms with E-state index in [9.17, 15) is 8.42 Å². The van der Waals surface area contributed by atoms with Crippen molar-refractivity contribution >= 4 is 27.2 Å². The molecule has 1 aliphatic carbocycles.